The Bertz CT molecular complexity index is 155. The first-order valence-electron chi connectivity index (χ1n) is 3.64. The van der Waals surface area contributed by atoms with Crippen molar-refractivity contribution in [3.63, 3.8) is 0 Å². The predicted octanol–water partition coefficient (Wildman–Crippen LogP) is 1.99. The van der Waals surface area contributed by atoms with Crippen LogP contribution in [0.3, 0.4) is 0 Å². The molecule has 2 atom stereocenters. The summed E-state index contributed by atoms with van der Waals surface area (Å²) >= 11 is 0. The molecule has 0 unspecified atom stereocenters. The molecule has 1 aliphatic carbocycles. The fourth-order valence-electron chi connectivity index (χ4n) is 1.35. The Morgan fingerprint density at radius 3 is 2.55 bits per heavy atom. The minimum atomic E-state index is 0. The molecule has 64 valence electrons. The Labute approximate surface area is 72.2 Å². The first kappa shape index (κ1) is 10.6. The van der Waals surface area contributed by atoms with Crippen LogP contribution in [0.2, 0.25) is 0 Å². The van der Waals surface area contributed by atoms with Gasteiger partial charge in [0.25, 0.3) is 0 Å². The molecule has 0 aromatic rings. The molecular formula is C6H13ClN4. The molecule has 0 spiro atoms. The van der Waals surface area contributed by atoms with Crippen molar-refractivity contribution in [2.75, 3.05) is 0 Å². The van der Waals surface area contributed by atoms with Crippen LogP contribution in [-0.4, -0.2) is 12.1 Å². The zero-order valence-corrected chi connectivity index (χ0v) is 7.13. The molecule has 1 fully saturated rings. The highest BCUT2D eigenvalue weighted by molar-refractivity contribution is 5.85. The van der Waals surface area contributed by atoms with Crippen LogP contribution in [0.1, 0.15) is 25.7 Å². The maximum Gasteiger partial charge on any atom is 0.0525 e. The van der Waals surface area contributed by atoms with Gasteiger partial charge in [-0.05, 0) is 18.4 Å². The van der Waals surface area contributed by atoms with Crippen molar-refractivity contribution in [1.29, 1.82) is 0 Å². The van der Waals surface area contributed by atoms with E-state index in [1.54, 1.807) is 0 Å². The summed E-state index contributed by atoms with van der Waals surface area (Å²) in [6, 6.07) is 0.156. The third kappa shape index (κ3) is 2.97. The first-order chi connectivity index (χ1) is 4.84. The Kier molecular flexibility index (Phi) is 5.03. The molecule has 0 heterocycles. The van der Waals surface area contributed by atoms with Crippen LogP contribution in [0.15, 0.2) is 5.11 Å². The summed E-state index contributed by atoms with van der Waals surface area (Å²) in [6.45, 7) is 0. The van der Waals surface area contributed by atoms with Crippen molar-refractivity contribution in [2.45, 2.75) is 37.8 Å². The van der Waals surface area contributed by atoms with E-state index < -0.39 is 0 Å². The van der Waals surface area contributed by atoms with Gasteiger partial charge < -0.3 is 5.73 Å². The lowest BCUT2D eigenvalue weighted by Gasteiger charge is -2.23. The summed E-state index contributed by atoms with van der Waals surface area (Å²) in [5, 5.41) is 3.62. The fourth-order valence-corrected chi connectivity index (χ4v) is 1.35. The van der Waals surface area contributed by atoms with Crippen molar-refractivity contribution >= 4 is 12.4 Å². The third-order valence-electron chi connectivity index (χ3n) is 1.98. The molecule has 0 radical (unpaired) electrons. The fraction of sp³-hybridized carbons (Fsp3) is 1.00. The largest absolute Gasteiger partial charge is 0.327 e. The van der Waals surface area contributed by atoms with Crippen molar-refractivity contribution in [3.05, 3.63) is 10.4 Å². The predicted molar refractivity (Wildman–Crippen MR) is 46.6 cm³/mol. The van der Waals surface area contributed by atoms with Crippen LogP contribution in [-0.2, 0) is 0 Å². The summed E-state index contributed by atoms with van der Waals surface area (Å²) < 4.78 is 0. The van der Waals surface area contributed by atoms with Crippen LogP contribution in [0, 0.1) is 0 Å². The zero-order valence-electron chi connectivity index (χ0n) is 6.31. The summed E-state index contributed by atoms with van der Waals surface area (Å²) in [6.07, 6.45) is 4.30. The van der Waals surface area contributed by atoms with Gasteiger partial charge in [0, 0.05) is 11.0 Å². The molecule has 0 amide bonds. The summed E-state index contributed by atoms with van der Waals surface area (Å²) in [4.78, 5) is 2.75. The Morgan fingerprint density at radius 2 is 2.00 bits per heavy atom. The lowest BCUT2D eigenvalue weighted by Crippen LogP contribution is -2.35. The lowest BCUT2D eigenvalue weighted by atomic mass is 9.92. The molecule has 0 aliphatic heterocycles. The summed E-state index contributed by atoms with van der Waals surface area (Å²) in [7, 11) is 0. The zero-order chi connectivity index (χ0) is 7.40. The molecule has 1 saturated carbocycles. The number of nitrogens with two attached hydrogens (primary N) is 1. The van der Waals surface area contributed by atoms with Gasteiger partial charge in [-0.1, -0.05) is 18.0 Å². The highest BCUT2D eigenvalue weighted by Crippen LogP contribution is 2.19. The highest BCUT2D eigenvalue weighted by atomic mass is 35.5. The van der Waals surface area contributed by atoms with Gasteiger partial charge >= 0.3 is 0 Å². The second kappa shape index (κ2) is 5.24. The van der Waals surface area contributed by atoms with Gasteiger partial charge in [-0.3, -0.25) is 0 Å². The molecule has 1 aliphatic rings. The summed E-state index contributed by atoms with van der Waals surface area (Å²) in [5.74, 6) is 0. The molecule has 2 N–H and O–H groups in total. The number of halogens is 1. The lowest BCUT2D eigenvalue weighted by molar-refractivity contribution is 0.384. The monoisotopic (exact) mass is 176 g/mol. The first-order valence-corrected chi connectivity index (χ1v) is 3.64. The van der Waals surface area contributed by atoms with Crippen LogP contribution >= 0.6 is 12.4 Å². The van der Waals surface area contributed by atoms with E-state index in [1.165, 1.54) is 6.42 Å². The smallest absolute Gasteiger partial charge is 0.0525 e. The van der Waals surface area contributed by atoms with Gasteiger partial charge in [-0.15, -0.1) is 12.4 Å². The Balaban J connectivity index is 0.000001000. The van der Waals surface area contributed by atoms with Crippen LogP contribution in [0.4, 0.5) is 0 Å². The Hall–Kier alpha value is -0.440. The number of azide groups is 1. The van der Waals surface area contributed by atoms with Crippen molar-refractivity contribution in [3.8, 4) is 0 Å². The second-order valence-corrected chi connectivity index (χ2v) is 2.72. The van der Waals surface area contributed by atoms with Crippen LogP contribution < -0.4 is 5.73 Å². The van der Waals surface area contributed by atoms with Gasteiger partial charge in [0.2, 0.25) is 0 Å². The molecule has 0 bridgehead atoms. The van der Waals surface area contributed by atoms with Gasteiger partial charge in [0.05, 0.1) is 6.04 Å². The average Bonchev–Trinajstić information content (AvgIpc) is 1.94. The molecule has 0 aromatic heterocycles. The quantitative estimate of drug-likeness (QED) is 0.370. The average molecular weight is 177 g/mol. The van der Waals surface area contributed by atoms with E-state index in [0.29, 0.717) is 0 Å². The van der Waals surface area contributed by atoms with Crippen molar-refractivity contribution in [1.82, 2.24) is 0 Å². The van der Waals surface area contributed by atoms with Crippen molar-refractivity contribution < 1.29 is 0 Å². The van der Waals surface area contributed by atoms with Crippen molar-refractivity contribution in [2.24, 2.45) is 10.8 Å². The van der Waals surface area contributed by atoms with Crippen LogP contribution in [0.5, 0.6) is 0 Å². The highest BCUT2D eigenvalue weighted by Gasteiger charge is 2.19. The third-order valence-corrected chi connectivity index (χ3v) is 1.98. The molecule has 0 aromatic carbocycles. The maximum absolute atomic E-state index is 8.14. The minimum Gasteiger partial charge on any atom is -0.327 e. The Morgan fingerprint density at radius 1 is 1.36 bits per heavy atom. The molecular weight excluding hydrogens is 164 g/mol. The van der Waals surface area contributed by atoms with E-state index in [4.69, 9.17) is 11.3 Å². The van der Waals surface area contributed by atoms with Gasteiger partial charge in [0.15, 0.2) is 0 Å². The van der Waals surface area contributed by atoms with Gasteiger partial charge in [0.1, 0.15) is 0 Å². The second-order valence-electron chi connectivity index (χ2n) is 2.72. The number of hydrogen-bond donors (Lipinski definition) is 1. The topological polar surface area (TPSA) is 74.8 Å². The number of hydrogen-bond acceptors (Lipinski definition) is 2. The van der Waals surface area contributed by atoms with E-state index in [0.717, 1.165) is 19.3 Å². The van der Waals surface area contributed by atoms with E-state index >= 15 is 0 Å². The van der Waals surface area contributed by atoms with E-state index in [1.807, 2.05) is 0 Å². The molecule has 0 saturated heterocycles. The molecule has 4 nitrogen and oxygen atoms in total. The van der Waals surface area contributed by atoms with Gasteiger partial charge in [-0.2, -0.15) is 0 Å². The molecule has 1 rings (SSSR count). The normalized spacial score (nSPS) is 29.9. The molecule has 11 heavy (non-hydrogen) atoms. The van der Waals surface area contributed by atoms with E-state index in [-0.39, 0.29) is 24.5 Å². The summed E-state index contributed by atoms with van der Waals surface area (Å²) in [5.41, 5.74) is 13.8. The number of rotatable bonds is 1. The minimum absolute atomic E-state index is 0. The standard InChI is InChI=1S/C6H12N4.ClH/c7-5-3-1-2-4-6(5)9-10-8;/h5-6H,1-4,7H2;1H/t5-,6+;/m1./s1. The SMILES string of the molecule is Cl.[N-]=[N+]=N[C@H]1CCCC[C@H]1N. The van der Waals surface area contributed by atoms with Gasteiger partial charge in [-0.25, -0.2) is 0 Å². The van der Waals surface area contributed by atoms with Crippen LogP contribution in [0.25, 0.3) is 10.4 Å². The maximum atomic E-state index is 8.14. The van der Waals surface area contributed by atoms with E-state index in [9.17, 15) is 0 Å². The van der Waals surface area contributed by atoms with E-state index in [2.05, 4.69) is 10.0 Å². The molecule has 5 heteroatoms. The number of nitrogens with zero attached hydrogens (tertiary/aromatic N) is 3.